The number of carboxylic acids is 1. The first kappa shape index (κ1) is 14.6. The first-order valence-corrected chi connectivity index (χ1v) is 7.85. The molecule has 2 rings (SSSR count). The van der Waals surface area contributed by atoms with Crippen LogP contribution in [0.5, 0.6) is 11.5 Å². The van der Waals surface area contributed by atoms with E-state index in [0.717, 1.165) is 6.26 Å². The SMILES string of the molecule is COc1cc(C2(C(=O)O)CC2)c(S(C)(=O)=O)cc1OC. The molecule has 110 valence electrons. The predicted octanol–water partition coefficient (Wildman–Crippen LogP) is 1.22. The highest BCUT2D eigenvalue weighted by atomic mass is 32.2. The summed E-state index contributed by atoms with van der Waals surface area (Å²) in [4.78, 5) is 11.4. The number of hydrogen-bond acceptors (Lipinski definition) is 5. The minimum absolute atomic E-state index is 0.0185. The van der Waals surface area contributed by atoms with Crippen molar-refractivity contribution in [3.63, 3.8) is 0 Å². The van der Waals surface area contributed by atoms with Crippen molar-refractivity contribution in [1.29, 1.82) is 0 Å². The van der Waals surface area contributed by atoms with Crippen LogP contribution < -0.4 is 9.47 Å². The maximum Gasteiger partial charge on any atom is 0.314 e. The fourth-order valence-electron chi connectivity index (χ4n) is 2.26. The molecule has 0 amide bonds. The van der Waals surface area contributed by atoms with Crippen molar-refractivity contribution in [2.45, 2.75) is 23.2 Å². The number of rotatable bonds is 5. The molecule has 0 saturated heterocycles. The average molecular weight is 300 g/mol. The molecular weight excluding hydrogens is 284 g/mol. The van der Waals surface area contributed by atoms with Crippen LogP contribution in [-0.2, 0) is 20.0 Å². The second-order valence-electron chi connectivity index (χ2n) is 4.86. The number of carbonyl (C=O) groups is 1. The molecule has 1 aliphatic rings. The Kier molecular flexibility index (Phi) is 3.41. The van der Waals surface area contributed by atoms with Gasteiger partial charge in [0.15, 0.2) is 21.3 Å². The number of hydrogen-bond donors (Lipinski definition) is 1. The van der Waals surface area contributed by atoms with Gasteiger partial charge >= 0.3 is 5.97 Å². The van der Waals surface area contributed by atoms with Gasteiger partial charge in [-0.05, 0) is 24.5 Å². The Bertz CT molecular complexity index is 658. The van der Waals surface area contributed by atoms with Gasteiger partial charge in [0, 0.05) is 12.3 Å². The Labute approximate surface area is 117 Å². The highest BCUT2D eigenvalue weighted by Crippen LogP contribution is 2.52. The third-order valence-electron chi connectivity index (χ3n) is 3.56. The zero-order chi connectivity index (χ0) is 15.1. The van der Waals surface area contributed by atoms with Gasteiger partial charge < -0.3 is 14.6 Å². The predicted molar refractivity (Wildman–Crippen MR) is 71.2 cm³/mol. The first-order valence-electron chi connectivity index (χ1n) is 5.96. The van der Waals surface area contributed by atoms with Gasteiger partial charge in [0.2, 0.25) is 0 Å². The molecule has 1 N–H and O–H groups in total. The zero-order valence-corrected chi connectivity index (χ0v) is 12.3. The lowest BCUT2D eigenvalue weighted by atomic mass is 9.95. The van der Waals surface area contributed by atoms with Gasteiger partial charge in [0.25, 0.3) is 0 Å². The van der Waals surface area contributed by atoms with E-state index in [1.54, 1.807) is 0 Å². The highest BCUT2D eigenvalue weighted by molar-refractivity contribution is 7.90. The molecule has 0 atom stereocenters. The molecule has 7 heteroatoms. The first-order chi connectivity index (χ1) is 9.26. The van der Waals surface area contributed by atoms with E-state index in [9.17, 15) is 18.3 Å². The van der Waals surface area contributed by atoms with E-state index in [1.807, 2.05) is 0 Å². The van der Waals surface area contributed by atoms with Crippen molar-refractivity contribution in [2.75, 3.05) is 20.5 Å². The molecule has 0 spiro atoms. The largest absolute Gasteiger partial charge is 0.493 e. The lowest BCUT2D eigenvalue weighted by Crippen LogP contribution is -2.22. The van der Waals surface area contributed by atoms with E-state index < -0.39 is 21.2 Å². The van der Waals surface area contributed by atoms with Gasteiger partial charge in [-0.25, -0.2) is 8.42 Å². The van der Waals surface area contributed by atoms with Gasteiger partial charge in [0.05, 0.1) is 24.5 Å². The van der Waals surface area contributed by atoms with Crippen molar-refractivity contribution in [3.8, 4) is 11.5 Å². The van der Waals surface area contributed by atoms with Crippen LogP contribution in [0.3, 0.4) is 0 Å². The van der Waals surface area contributed by atoms with Crippen LogP contribution in [0.4, 0.5) is 0 Å². The van der Waals surface area contributed by atoms with Gasteiger partial charge in [0.1, 0.15) is 0 Å². The Hall–Kier alpha value is -1.76. The molecule has 0 aliphatic heterocycles. The number of carboxylic acid groups (broad SMARTS) is 1. The zero-order valence-electron chi connectivity index (χ0n) is 11.5. The van der Waals surface area contributed by atoms with Crippen LogP contribution in [0, 0.1) is 0 Å². The lowest BCUT2D eigenvalue weighted by molar-refractivity contribution is -0.140. The second kappa shape index (κ2) is 4.66. The van der Waals surface area contributed by atoms with Crippen LogP contribution in [0.1, 0.15) is 18.4 Å². The van der Waals surface area contributed by atoms with Crippen LogP contribution >= 0.6 is 0 Å². The summed E-state index contributed by atoms with van der Waals surface area (Å²) in [5.74, 6) is -0.435. The summed E-state index contributed by atoms with van der Waals surface area (Å²) in [6.45, 7) is 0. The van der Waals surface area contributed by atoms with Crippen LogP contribution in [0.2, 0.25) is 0 Å². The summed E-state index contributed by atoms with van der Waals surface area (Å²) < 4.78 is 34.1. The van der Waals surface area contributed by atoms with Gasteiger partial charge in [-0.2, -0.15) is 0 Å². The normalized spacial score (nSPS) is 16.6. The van der Waals surface area contributed by atoms with E-state index in [1.165, 1.54) is 26.4 Å². The number of benzene rings is 1. The fraction of sp³-hybridized carbons (Fsp3) is 0.462. The summed E-state index contributed by atoms with van der Waals surface area (Å²) in [5, 5.41) is 9.37. The Balaban J connectivity index is 2.75. The maximum absolute atomic E-state index is 11.9. The van der Waals surface area contributed by atoms with Crippen LogP contribution in [0.15, 0.2) is 17.0 Å². The molecule has 1 fully saturated rings. The molecule has 6 nitrogen and oxygen atoms in total. The molecule has 1 saturated carbocycles. The summed E-state index contributed by atoms with van der Waals surface area (Å²) >= 11 is 0. The molecule has 1 aromatic rings. The maximum atomic E-state index is 11.9. The van der Waals surface area contributed by atoms with Crippen molar-refractivity contribution in [1.82, 2.24) is 0 Å². The third kappa shape index (κ3) is 2.22. The fourth-order valence-corrected chi connectivity index (χ4v) is 3.24. The molecule has 0 unspecified atom stereocenters. The van der Waals surface area contributed by atoms with Gasteiger partial charge in [-0.3, -0.25) is 4.79 Å². The summed E-state index contributed by atoms with van der Waals surface area (Å²) in [7, 11) is -0.751. The summed E-state index contributed by atoms with van der Waals surface area (Å²) in [6, 6.07) is 2.78. The van der Waals surface area contributed by atoms with Crippen molar-refractivity contribution in [3.05, 3.63) is 17.7 Å². The summed E-state index contributed by atoms with van der Waals surface area (Å²) in [6.07, 6.45) is 1.89. The van der Waals surface area contributed by atoms with E-state index in [0.29, 0.717) is 18.6 Å². The summed E-state index contributed by atoms with van der Waals surface area (Å²) in [5.41, 5.74) is -0.858. The Morgan fingerprint density at radius 3 is 2.05 bits per heavy atom. The van der Waals surface area contributed by atoms with Crippen molar-refractivity contribution >= 4 is 15.8 Å². The van der Waals surface area contributed by atoms with Gasteiger partial charge in [-0.15, -0.1) is 0 Å². The smallest absolute Gasteiger partial charge is 0.314 e. The topological polar surface area (TPSA) is 89.9 Å². The van der Waals surface area contributed by atoms with E-state index in [2.05, 4.69) is 0 Å². The number of methoxy groups -OCH3 is 2. The molecule has 1 aromatic carbocycles. The Morgan fingerprint density at radius 2 is 1.70 bits per heavy atom. The molecule has 0 aromatic heterocycles. The molecule has 0 radical (unpaired) electrons. The number of sulfone groups is 1. The van der Waals surface area contributed by atoms with Crippen molar-refractivity contribution < 1.29 is 27.8 Å². The van der Waals surface area contributed by atoms with E-state index in [4.69, 9.17) is 9.47 Å². The minimum atomic E-state index is -3.57. The average Bonchev–Trinajstić information content (AvgIpc) is 3.17. The third-order valence-corrected chi connectivity index (χ3v) is 4.70. The minimum Gasteiger partial charge on any atom is -0.493 e. The number of aliphatic carboxylic acids is 1. The monoisotopic (exact) mass is 300 g/mol. The molecule has 0 bridgehead atoms. The van der Waals surface area contributed by atoms with E-state index >= 15 is 0 Å². The molecular formula is C13H16O6S. The Morgan fingerprint density at radius 1 is 1.20 bits per heavy atom. The highest BCUT2D eigenvalue weighted by Gasteiger charge is 2.54. The van der Waals surface area contributed by atoms with Crippen LogP contribution in [-0.4, -0.2) is 40.0 Å². The molecule has 20 heavy (non-hydrogen) atoms. The quantitative estimate of drug-likeness (QED) is 0.879. The molecule has 0 heterocycles. The second-order valence-corrected chi connectivity index (χ2v) is 6.85. The van der Waals surface area contributed by atoms with Crippen LogP contribution in [0.25, 0.3) is 0 Å². The standard InChI is InChI=1S/C13H16O6S/c1-18-9-6-8(13(4-5-13)12(14)15)11(20(3,16)17)7-10(9)19-2/h6-7H,4-5H2,1-3H3,(H,14,15). The lowest BCUT2D eigenvalue weighted by Gasteiger charge is -2.18. The van der Waals surface area contributed by atoms with Crippen molar-refractivity contribution in [2.24, 2.45) is 0 Å². The molecule has 1 aliphatic carbocycles. The van der Waals surface area contributed by atoms with E-state index in [-0.39, 0.29) is 16.2 Å². The number of ether oxygens (including phenoxy) is 2. The van der Waals surface area contributed by atoms with Gasteiger partial charge in [-0.1, -0.05) is 0 Å².